The minimum absolute atomic E-state index is 0.378. The molecule has 0 bridgehead atoms. The highest BCUT2D eigenvalue weighted by Gasteiger charge is 2.20. The van der Waals surface area contributed by atoms with Crippen LogP contribution in [0.25, 0.3) is 0 Å². The lowest BCUT2D eigenvalue weighted by atomic mass is 10.0. The Morgan fingerprint density at radius 3 is 2.36 bits per heavy atom. The molecule has 2 rings (SSSR count). The lowest BCUT2D eigenvalue weighted by Gasteiger charge is -2.19. The summed E-state index contributed by atoms with van der Waals surface area (Å²) in [7, 11) is 2.18. The highest BCUT2D eigenvalue weighted by molar-refractivity contribution is 5.89. The second-order valence-corrected chi connectivity index (χ2v) is 5.16. The second kappa shape index (κ2) is 8.84. The Morgan fingerprint density at radius 2 is 1.91 bits per heavy atom. The molecule has 1 aliphatic heterocycles. The van der Waals surface area contributed by atoms with E-state index in [1.165, 1.54) is 24.9 Å². The summed E-state index contributed by atoms with van der Waals surface area (Å²) >= 11 is 0. The van der Waals surface area contributed by atoms with Crippen molar-refractivity contribution in [3.05, 3.63) is 42.0 Å². The molecule has 0 aromatic heterocycles. The smallest absolute Gasteiger partial charge is 0.328 e. The van der Waals surface area contributed by atoms with Crippen molar-refractivity contribution in [2.75, 3.05) is 13.6 Å². The summed E-state index contributed by atoms with van der Waals surface area (Å²) in [5.74, 6) is -2.14. The van der Waals surface area contributed by atoms with Crippen molar-refractivity contribution in [2.45, 2.75) is 25.3 Å². The molecule has 1 aliphatic rings. The molecule has 1 atom stereocenters. The lowest BCUT2D eigenvalue weighted by Crippen LogP contribution is -2.26. The molecule has 0 spiro atoms. The van der Waals surface area contributed by atoms with Gasteiger partial charge in [-0.1, -0.05) is 12.1 Å². The predicted molar refractivity (Wildman–Crippen MR) is 81.9 cm³/mol. The molecule has 6 nitrogen and oxygen atoms in total. The van der Waals surface area contributed by atoms with E-state index in [1.54, 1.807) is 6.07 Å². The lowest BCUT2D eigenvalue weighted by molar-refractivity contribution is -0.134. The van der Waals surface area contributed by atoms with E-state index in [2.05, 4.69) is 18.0 Å². The quantitative estimate of drug-likeness (QED) is 0.733. The van der Waals surface area contributed by atoms with Crippen molar-refractivity contribution in [1.82, 2.24) is 4.90 Å². The maximum atomic E-state index is 9.55. The van der Waals surface area contributed by atoms with Crippen molar-refractivity contribution >= 4 is 11.9 Å². The van der Waals surface area contributed by atoms with Crippen molar-refractivity contribution in [3.63, 3.8) is 0 Å². The van der Waals surface area contributed by atoms with Crippen LogP contribution in [0.5, 0.6) is 5.75 Å². The molecule has 1 heterocycles. The SMILES string of the molecule is CN1CCCC1Cc1cccc(O)c1.O=C(O)C=CC(=O)O. The first kappa shape index (κ1) is 17.7. The summed E-state index contributed by atoms with van der Waals surface area (Å²) in [6.45, 7) is 1.21. The third-order valence-corrected chi connectivity index (χ3v) is 3.42. The Kier molecular flexibility index (Phi) is 7.12. The summed E-state index contributed by atoms with van der Waals surface area (Å²) in [6.07, 6.45) is 4.77. The van der Waals surface area contributed by atoms with Crippen LogP contribution in [0.3, 0.4) is 0 Å². The molecule has 22 heavy (non-hydrogen) atoms. The van der Waals surface area contributed by atoms with Gasteiger partial charge in [0.15, 0.2) is 0 Å². The maximum Gasteiger partial charge on any atom is 0.328 e. The fourth-order valence-electron chi connectivity index (χ4n) is 2.34. The number of aliphatic carboxylic acids is 2. The van der Waals surface area contributed by atoms with Crippen LogP contribution in [0, 0.1) is 0 Å². The van der Waals surface area contributed by atoms with Crippen LogP contribution in [0.2, 0.25) is 0 Å². The molecule has 1 fully saturated rings. The molecule has 3 N–H and O–H groups in total. The van der Waals surface area contributed by atoms with Gasteiger partial charge in [-0.2, -0.15) is 0 Å². The van der Waals surface area contributed by atoms with Gasteiger partial charge in [-0.3, -0.25) is 0 Å². The van der Waals surface area contributed by atoms with Crippen molar-refractivity contribution < 1.29 is 24.9 Å². The maximum absolute atomic E-state index is 9.55. The topological polar surface area (TPSA) is 98.1 Å². The zero-order valence-corrected chi connectivity index (χ0v) is 12.5. The number of carbonyl (C=O) groups is 2. The van der Waals surface area contributed by atoms with Crippen LogP contribution in [0.1, 0.15) is 18.4 Å². The van der Waals surface area contributed by atoms with E-state index in [9.17, 15) is 14.7 Å². The van der Waals surface area contributed by atoms with Crippen molar-refractivity contribution in [2.24, 2.45) is 0 Å². The van der Waals surface area contributed by atoms with E-state index in [4.69, 9.17) is 10.2 Å². The molecule has 1 unspecified atom stereocenters. The Labute approximate surface area is 129 Å². The molecule has 0 radical (unpaired) electrons. The number of aromatic hydroxyl groups is 1. The normalized spacial score (nSPS) is 18.0. The number of carboxylic acid groups (broad SMARTS) is 2. The van der Waals surface area contributed by atoms with Crippen LogP contribution < -0.4 is 0 Å². The molecule has 1 aromatic carbocycles. The van der Waals surface area contributed by atoms with Gasteiger partial charge < -0.3 is 20.2 Å². The van der Waals surface area contributed by atoms with Gasteiger partial charge in [0.25, 0.3) is 0 Å². The standard InChI is InChI=1S/C12H17NO.C4H4O4/c1-13-7-3-5-11(13)8-10-4-2-6-12(14)9-10;5-3(6)1-2-4(7)8/h2,4,6,9,11,14H,3,5,7-8H2,1H3;1-2H,(H,5,6)(H,7,8). The average Bonchev–Trinajstić information content (AvgIpc) is 2.83. The Hall–Kier alpha value is -2.34. The summed E-state index contributed by atoms with van der Waals surface area (Å²) in [5, 5.41) is 25.0. The molecule has 1 saturated heterocycles. The van der Waals surface area contributed by atoms with E-state index in [1.807, 2.05) is 12.1 Å². The number of phenolic OH excluding ortho intramolecular Hbond substituents is 1. The van der Waals surface area contributed by atoms with Gasteiger partial charge in [-0.15, -0.1) is 0 Å². The first-order valence-corrected chi connectivity index (χ1v) is 7.00. The van der Waals surface area contributed by atoms with E-state index in [0.717, 1.165) is 6.42 Å². The fourth-order valence-corrected chi connectivity index (χ4v) is 2.34. The summed E-state index contributed by atoms with van der Waals surface area (Å²) in [6, 6.07) is 8.26. The molecule has 6 heteroatoms. The summed E-state index contributed by atoms with van der Waals surface area (Å²) in [5.41, 5.74) is 1.24. The second-order valence-electron chi connectivity index (χ2n) is 5.16. The number of likely N-dealkylation sites (N-methyl/N-ethyl adjacent to an activating group) is 1. The number of carboxylic acids is 2. The van der Waals surface area contributed by atoms with Crippen LogP contribution in [0.15, 0.2) is 36.4 Å². The Balaban J connectivity index is 0.000000261. The third-order valence-electron chi connectivity index (χ3n) is 3.42. The van der Waals surface area contributed by atoms with E-state index in [0.29, 0.717) is 23.9 Å². The van der Waals surface area contributed by atoms with Gasteiger partial charge in [0.2, 0.25) is 0 Å². The van der Waals surface area contributed by atoms with E-state index in [-0.39, 0.29) is 0 Å². The van der Waals surface area contributed by atoms with Gasteiger partial charge in [0.1, 0.15) is 5.75 Å². The number of hydrogen-bond acceptors (Lipinski definition) is 4. The number of nitrogens with zero attached hydrogens (tertiary/aromatic N) is 1. The predicted octanol–water partition coefficient (Wildman–Crippen LogP) is 1.74. The van der Waals surface area contributed by atoms with Crippen LogP contribution in [-0.2, 0) is 16.0 Å². The molecular weight excluding hydrogens is 286 g/mol. The summed E-state index contributed by atoms with van der Waals surface area (Å²) < 4.78 is 0. The number of rotatable bonds is 4. The zero-order valence-electron chi connectivity index (χ0n) is 12.5. The fraction of sp³-hybridized carbons (Fsp3) is 0.375. The van der Waals surface area contributed by atoms with Crippen molar-refractivity contribution in [3.8, 4) is 5.75 Å². The summed E-state index contributed by atoms with van der Waals surface area (Å²) in [4.78, 5) is 21.5. The minimum atomic E-state index is -1.26. The van der Waals surface area contributed by atoms with Crippen LogP contribution in [0.4, 0.5) is 0 Å². The highest BCUT2D eigenvalue weighted by atomic mass is 16.4. The van der Waals surface area contributed by atoms with Gasteiger partial charge in [0.05, 0.1) is 0 Å². The first-order chi connectivity index (χ1) is 10.4. The van der Waals surface area contributed by atoms with Crippen LogP contribution >= 0.6 is 0 Å². The number of likely N-dealkylation sites (tertiary alicyclic amines) is 1. The van der Waals surface area contributed by atoms with Gasteiger partial charge in [-0.05, 0) is 50.6 Å². The number of hydrogen-bond donors (Lipinski definition) is 3. The average molecular weight is 307 g/mol. The molecule has 120 valence electrons. The first-order valence-electron chi connectivity index (χ1n) is 7.00. The Morgan fingerprint density at radius 1 is 1.27 bits per heavy atom. The molecule has 0 aliphatic carbocycles. The van der Waals surface area contributed by atoms with Gasteiger partial charge in [0, 0.05) is 18.2 Å². The largest absolute Gasteiger partial charge is 0.508 e. The zero-order chi connectivity index (χ0) is 16.5. The Bertz CT molecular complexity index is 525. The van der Waals surface area contributed by atoms with Crippen molar-refractivity contribution in [1.29, 1.82) is 0 Å². The number of benzene rings is 1. The monoisotopic (exact) mass is 307 g/mol. The highest BCUT2D eigenvalue weighted by Crippen LogP contribution is 2.20. The number of phenols is 1. The van der Waals surface area contributed by atoms with Crippen LogP contribution in [-0.4, -0.2) is 51.8 Å². The van der Waals surface area contributed by atoms with Gasteiger partial charge >= 0.3 is 11.9 Å². The van der Waals surface area contributed by atoms with Gasteiger partial charge in [-0.25, -0.2) is 9.59 Å². The molecular formula is C16H21NO5. The third kappa shape index (κ3) is 6.90. The molecule has 1 aromatic rings. The molecule has 0 saturated carbocycles. The van der Waals surface area contributed by atoms with E-state index < -0.39 is 11.9 Å². The van der Waals surface area contributed by atoms with E-state index >= 15 is 0 Å². The minimum Gasteiger partial charge on any atom is -0.508 e. The molecule has 0 amide bonds.